The van der Waals surface area contributed by atoms with E-state index in [-0.39, 0.29) is 5.91 Å². The molecule has 2 heterocycles. The number of pyridine rings is 1. The molecule has 0 unspecified atom stereocenters. The summed E-state index contributed by atoms with van der Waals surface area (Å²) in [5.41, 5.74) is 4.13. The van der Waals surface area contributed by atoms with Gasteiger partial charge in [-0.2, -0.15) is 5.10 Å². The predicted molar refractivity (Wildman–Crippen MR) is 98.0 cm³/mol. The molecule has 1 amide bonds. The smallest absolute Gasteiger partial charge is 0.255 e. The average molecular weight is 328 g/mol. The molecule has 0 bridgehead atoms. The summed E-state index contributed by atoms with van der Waals surface area (Å²) in [6.45, 7) is 1.99. The highest BCUT2D eigenvalue weighted by molar-refractivity contribution is 6.05. The second-order valence-electron chi connectivity index (χ2n) is 5.80. The molecule has 0 aliphatic heterocycles. The fourth-order valence-electron chi connectivity index (χ4n) is 2.74. The summed E-state index contributed by atoms with van der Waals surface area (Å²) in [5, 5.41) is 8.15. The Hall–Kier alpha value is -3.47. The first-order valence-electron chi connectivity index (χ1n) is 7.98. The first-order valence-corrected chi connectivity index (χ1v) is 7.98. The summed E-state index contributed by atoms with van der Waals surface area (Å²) in [4.78, 5) is 16.8. The second-order valence-corrected chi connectivity index (χ2v) is 5.80. The monoisotopic (exact) mass is 328 g/mol. The van der Waals surface area contributed by atoms with E-state index >= 15 is 0 Å². The Morgan fingerprint density at radius 1 is 1.04 bits per heavy atom. The van der Waals surface area contributed by atoms with Gasteiger partial charge in [0.1, 0.15) is 0 Å². The number of aromatic nitrogens is 3. The van der Waals surface area contributed by atoms with E-state index in [1.807, 2.05) is 60.1 Å². The van der Waals surface area contributed by atoms with Crippen LogP contribution in [0.15, 0.2) is 73.1 Å². The van der Waals surface area contributed by atoms with Gasteiger partial charge in [-0.1, -0.05) is 18.2 Å². The van der Waals surface area contributed by atoms with Crippen molar-refractivity contribution in [3.63, 3.8) is 0 Å². The summed E-state index contributed by atoms with van der Waals surface area (Å²) in [6.07, 6.45) is 3.42. The fraction of sp³-hybridized carbons (Fsp3) is 0.0500. The van der Waals surface area contributed by atoms with Crippen LogP contribution in [0.4, 0.5) is 5.69 Å². The maximum absolute atomic E-state index is 12.5. The molecule has 0 radical (unpaired) electrons. The third kappa shape index (κ3) is 2.99. The van der Waals surface area contributed by atoms with Gasteiger partial charge in [0, 0.05) is 22.8 Å². The molecule has 25 heavy (non-hydrogen) atoms. The van der Waals surface area contributed by atoms with E-state index in [0.29, 0.717) is 11.3 Å². The van der Waals surface area contributed by atoms with Crippen molar-refractivity contribution in [1.29, 1.82) is 0 Å². The predicted octanol–water partition coefficient (Wildman–Crippen LogP) is 3.98. The Morgan fingerprint density at radius 3 is 2.60 bits per heavy atom. The normalized spacial score (nSPS) is 10.8. The molecule has 2 aromatic carbocycles. The molecule has 122 valence electrons. The van der Waals surface area contributed by atoms with Crippen LogP contribution >= 0.6 is 0 Å². The summed E-state index contributed by atoms with van der Waals surface area (Å²) < 4.78 is 1.83. The van der Waals surface area contributed by atoms with E-state index in [0.717, 1.165) is 22.3 Å². The highest BCUT2D eigenvalue weighted by atomic mass is 16.1. The molecular formula is C20H16N4O. The number of amides is 1. The molecule has 0 saturated heterocycles. The van der Waals surface area contributed by atoms with E-state index in [1.54, 1.807) is 24.5 Å². The van der Waals surface area contributed by atoms with E-state index in [4.69, 9.17) is 0 Å². The van der Waals surface area contributed by atoms with Crippen molar-refractivity contribution in [3.8, 4) is 5.69 Å². The number of carbonyl (C=O) groups is 1. The van der Waals surface area contributed by atoms with E-state index in [1.165, 1.54) is 0 Å². The van der Waals surface area contributed by atoms with Gasteiger partial charge in [-0.3, -0.25) is 9.78 Å². The van der Waals surface area contributed by atoms with Crippen LogP contribution in [0.3, 0.4) is 0 Å². The highest BCUT2D eigenvalue weighted by Crippen LogP contribution is 2.17. The molecule has 5 heteroatoms. The molecule has 0 aliphatic rings. The molecule has 1 N–H and O–H groups in total. The number of para-hydroxylation sites is 1. The second kappa shape index (κ2) is 6.20. The van der Waals surface area contributed by atoms with Crippen LogP contribution < -0.4 is 5.32 Å². The number of rotatable bonds is 3. The Balaban J connectivity index is 1.55. The zero-order valence-electron chi connectivity index (χ0n) is 13.7. The van der Waals surface area contributed by atoms with Crippen LogP contribution in [0.2, 0.25) is 0 Å². The van der Waals surface area contributed by atoms with Gasteiger partial charge >= 0.3 is 0 Å². The fourth-order valence-corrected chi connectivity index (χ4v) is 2.74. The SMILES string of the molecule is Cc1ccnn1-c1ccc(C(=O)Nc2cnc3ccccc3c2)cc1. The van der Waals surface area contributed by atoms with E-state index in [9.17, 15) is 4.79 Å². The molecule has 0 atom stereocenters. The average Bonchev–Trinajstić information content (AvgIpc) is 3.08. The summed E-state index contributed by atoms with van der Waals surface area (Å²) in [7, 11) is 0. The van der Waals surface area contributed by atoms with Crippen LogP contribution in [-0.2, 0) is 0 Å². The zero-order chi connectivity index (χ0) is 17.2. The number of nitrogens with zero attached hydrogens (tertiary/aromatic N) is 3. The number of anilines is 1. The van der Waals surface area contributed by atoms with Crippen LogP contribution in [0.1, 0.15) is 16.1 Å². The number of aryl methyl sites for hydroxylation is 1. The number of nitrogens with one attached hydrogen (secondary N) is 1. The first-order chi connectivity index (χ1) is 12.2. The maximum Gasteiger partial charge on any atom is 0.255 e. The highest BCUT2D eigenvalue weighted by Gasteiger charge is 2.08. The third-order valence-electron chi connectivity index (χ3n) is 4.05. The molecule has 2 aromatic heterocycles. The van der Waals surface area contributed by atoms with Crippen LogP contribution in [-0.4, -0.2) is 20.7 Å². The molecule has 0 fully saturated rings. The van der Waals surface area contributed by atoms with Gasteiger partial charge in [-0.15, -0.1) is 0 Å². The number of hydrogen-bond acceptors (Lipinski definition) is 3. The largest absolute Gasteiger partial charge is 0.321 e. The Labute approximate surface area is 144 Å². The number of fused-ring (bicyclic) bond motifs is 1. The van der Waals surface area contributed by atoms with Gasteiger partial charge < -0.3 is 5.32 Å². The van der Waals surface area contributed by atoms with Crippen molar-refractivity contribution in [2.24, 2.45) is 0 Å². The van der Waals surface area contributed by atoms with Crippen LogP contribution in [0.5, 0.6) is 0 Å². The summed E-state index contributed by atoms with van der Waals surface area (Å²) >= 11 is 0. The van der Waals surface area contributed by atoms with Gasteiger partial charge in [0.05, 0.1) is 23.1 Å². The lowest BCUT2D eigenvalue weighted by atomic mass is 10.1. The Morgan fingerprint density at radius 2 is 1.84 bits per heavy atom. The topological polar surface area (TPSA) is 59.8 Å². The van der Waals surface area contributed by atoms with Crippen LogP contribution in [0, 0.1) is 6.92 Å². The van der Waals surface area contributed by atoms with E-state index in [2.05, 4.69) is 15.4 Å². The quantitative estimate of drug-likeness (QED) is 0.619. The Kier molecular flexibility index (Phi) is 3.74. The van der Waals surface area contributed by atoms with Gasteiger partial charge in [-0.05, 0) is 49.4 Å². The molecule has 4 rings (SSSR count). The lowest BCUT2D eigenvalue weighted by Gasteiger charge is -2.08. The minimum Gasteiger partial charge on any atom is -0.321 e. The first kappa shape index (κ1) is 15.1. The lowest BCUT2D eigenvalue weighted by molar-refractivity contribution is 0.102. The minimum absolute atomic E-state index is 0.166. The van der Waals surface area contributed by atoms with E-state index < -0.39 is 0 Å². The van der Waals surface area contributed by atoms with Gasteiger partial charge in [0.2, 0.25) is 0 Å². The van der Waals surface area contributed by atoms with Gasteiger partial charge in [-0.25, -0.2) is 4.68 Å². The van der Waals surface area contributed by atoms with Crippen molar-refractivity contribution in [2.45, 2.75) is 6.92 Å². The lowest BCUT2D eigenvalue weighted by Crippen LogP contribution is -2.12. The summed E-state index contributed by atoms with van der Waals surface area (Å²) in [6, 6.07) is 19.0. The van der Waals surface area contributed by atoms with Crippen molar-refractivity contribution >= 4 is 22.5 Å². The minimum atomic E-state index is -0.166. The molecule has 5 nitrogen and oxygen atoms in total. The van der Waals surface area contributed by atoms with Crippen molar-refractivity contribution < 1.29 is 4.79 Å². The zero-order valence-corrected chi connectivity index (χ0v) is 13.7. The van der Waals surface area contributed by atoms with Gasteiger partial charge in [0.15, 0.2) is 0 Å². The molecule has 4 aromatic rings. The number of hydrogen-bond donors (Lipinski definition) is 1. The molecular weight excluding hydrogens is 312 g/mol. The van der Waals surface area contributed by atoms with Crippen molar-refractivity contribution in [3.05, 3.63) is 84.3 Å². The van der Waals surface area contributed by atoms with Crippen molar-refractivity contribution in [1.82, 2.24) is 14.8 Å². The van der Waals surface area contributed by atoms with Gasteiger partial charge in [0.25, 0.3) is 5.91 Å². The van der Waals surface area contributed by atoms with Crippen molar-refractivity contribution in [2.75, 3.05) is 5.32 Å². The number of benzene rings is 2. The molecule has 0 saturated carbocycles. The number of carbonyl (C=O) groups excluding carboxylic acids is 1. The Bertz CT molecular complexity index is 1050. The molecule has 0 aliphatic carbocycles. The molecule has 0 spiro atoms. The summed E-state index contributed by atoms with van der Waals surface area (Å²) in [5.74, 6) is -0.166. The maximum atomic E-state index is 12.5. The van der Waals surface area contributed by atoms with Crippen LogP contribution in [0.25, 0.3) is 16.6 Å². The third-order valence-corrected chi connectivity index (χ3v) is 4.05. The standard InChI is InChI=1S/C20H16N4O/c1-14-10-11-22-24(14)18-8-6-15(7-9-18)20(25)23-17-12-16-4-2-3-5-19(16)21-13-17/h2-13H,1H3,(H,23,25).